The Morgan fingerprint density at radius 3 is 2.50 bits per heavy atom. The topological polar surface area (TPSA) is 46.5 Å². The summed E-state index contributed by atoms with van der Waals surface area (Å²) in [6.07, 6.45) is 0. The van der Waals surface area contributed by atoms with E-state index >= 15 is 0 Å². The first-order chi connectivity index (χ1) is 8.68. The molecule has 18 heavy (non-hydrogen) atoms. The van der Waals surface area contributed by atoms with Crippen molar-refractivity contribution < 1.29 is 14.6 Å². The number of phenols is 1. The van der Waals surface area contributed by atoms with Gasteiger partial charge in [-0.05, 0) is 5.56 Å². The molecule has 3 heteroatoms. The summed E-state index contributed by atoms with van der Waals surface area (Å²) in [5.74, 6) is -0.204. The van der Waals surface area contributed by atoms with E-state index in [0.29, 0.717) is 5.56 Å². The molecule has 0 bridgehead atoms. The molecule has 1 N–H and O–H groups in total. The smallest absolute Gasteiger partial charge is 0.302 e. The van der Waals surface area contributed by atoms with Crippen LogP contribution in [0.1, 0.15) is 12.5 Å². The molecule has 0 aliphatic rings. The molecule has 0 fully saturated rings. The van der Waals surface area contributed by atoms with Crippen molar-refractivity contribution in [1.82, 2.24) is 0 Å². The molecule has 0 unspecified atom stereocenters. The van der Waals surface area contributed by atoms with E-state index in [1.165, 1.54) is 6.92 Å². The minimum absolute atomic E-state index is 0.0852. The number of hydrogen-bond acceptors (Lipinski definition) is 3. The fraction of sp³-hybridized carbons (Fsp3) is 0.133. The fourth-order valence-electron chi connectivity index (χ4n) is 1.74. The van der Waals surface area contributed by atoms with Crippen molar-refractivity contribution in [2.45, 2.75) is 13.5 Å². The van der Waals surface area contributed by atoms with Crippen molar-refractivity contribution in [2.75, 3.05) is 0 Å². The van der Waals surface area contributed by atoms with Gasteiger partial charge in [-0.15, -0.1) is 0 Å². The highest BCUT2D eigenvalue weighted by Gasteiger charge is 2.09. The van der Waals surface area contributed by atoms with E-state index in [0.717, 1.165) is 11.1 Å². The van der Waals surface area contributed by atoms with Crippen LogP contribution in [0.25, 0.3) is 11.1 Å². The van der Waals surface area contributed by atoms with Crippen LogP contribution in [0.3, 0.4) is 0 Å². The third-order valence-corrected chi connectivity index (χ3v) is 2.64. The summed E-state index contributed by atoms with van der Waals surface area (Å²) in [7, 11) is 0. The monoisotopic (exact) mass is 242 g/mol. The van der Waals surface area contributed by atoms with Crippen LogP contribution in [-0.2, 0) is 16.1 Å². The number of para-hydroxylation sites is 1. The van der Waals surface area contributed by atoms with Gasteiger partial charge in [0.1, 0.15) is 12.4 Å². The molecule has 2 rings (SSSR count). The van der Waals surface area contributed by atoms with Gasteiger partial charge in [0.15, 0.2) is 0 Å². The van der Waals surface area contributed by atoms with Gasteiger partial charge in [0.05, 0.1) is 0 Å². The van der Waals surface area contributed by atoms with Crippen molar-refractivity contribution in [2.24, 2.45) is 0 Å². The van der Waals surface area contributed by atoms with Gasteiger partial charge >= 0.3 is 5.97 Å². The minimum Gasteiger partial charge on any atom is -0.507 e. The summed E-state index contributed by atoms with van der Waals surface area (Å²) in [5.41, 5.74) is 2.27. The van der Waals surface area contributed by atoms with Crippen molar-refractivity contribution in [3.8, 4) is 16.9 Å². The van der Waals surface area contributed by atoms with Crippen LogP contribution in [0.15, 0.2) is 48.5 Å². The van der Waals surface area contributed by atoms with Crippen LogP contribution in [0, 0.1) is 0 Å². The Kier molecular flexibility index (Phi) is 3.63. The highest BCUT2D eigenvalue weighted by molar-refractivity contribution is 5.72. The molecule has 0 heterocycles. The number of carbonyl (C=O) groups excluding carboxylic acids is 1. The molecule has 3 nitrogen and oxygen atoms in total. The van der Waals surface area contributed by atoms with Crippen molar-refractivity contribution in [1.29, 1.82) is 0 Å². The SMILES string of the molecule is CC(=O)OCc1cccc(-c2ccccc2)c1O. The zero-order valence-electron chi connectivity index (χ0n) is 10.1. The second-order valence-corrected chi connectivity index (χ2v) is 3.96. The summed E-state index contributed by atoms with van der Waals surface area (Å²) in [5, 5.41) is 10.2. The number of benzene rings is 2. The van der Waals surface area contributed by atoms with E-state index in [4.69, 9.17) is 4.74 Å². The lowest BCUT2D eigenvalue weighted by Gasteiger charge is -2.09. The van der Waals surface area contributed by atoms with Gasteiger partial charge in [-0.2, -0.15) is 0 Å². The standard InChI is InChI=1S/C15H14O3/c1-11(16)18-10-13-8-5-9-14(15(13)17)12-6-3-2-4-7-12/h2-9,17H,10H2,1H3. The molecule has 92 valence electrons. The molecule has 0 saturated heterocycles. The summed E-state index contributed by atoms with van der Waals surface area (Å²) < 4.78 is 4.90. The summed E-state index contributed by atoms with van der Waals surface area (Å²) in [6.45, 7) is 1.43. The fourth-order valence-corrected chi connectivity index (χ4v) is 1.74. The second kappa shape index (κ2) is 5.36. The largest absolute Gasteiger partial charge is 0.507 e. The first-order valence-electron chi connectivity index (χ1n) is 5.68. The average molecular weight is 242 g/mol. The number of rotatable bonds is 3. The van der Waals surface area contributed by atoms with Crippen molar-refractivity contribution in [3.05, 3.63) is 54.1 Å². The quantitative estimate of drug-likeness (QED) is 0.841. The number of carbonyl (C=O) groups is 1. The molecule has 0 spiro atoms. The van der Waals surface area contributed by atoms with Gasteiger partial charge in [0.2, 0.25) is 0 Å². The Morgan fingerprint density at radius 2 is 1.83 bits per heavy atom. The van der Waals surface area contributed by atoms with Crippen LogP contribution in [-0.4, -0.2) is 11.1 Å². The van der Waals surface area contributed by atoms with Gasteiger partial charge in [-0.1, -0.05) is 48.5 Å². The Morgan fingerprint density at radius 1 is 1.11 bits per heavy atom. The van der Waals surface area contributed by atoms with Gasteiger partial charge in [0.25, 0.3) is 0 Å². The lowest BCUT2D eigenvalue weighted by molar-refractivity contribution is -0.142. The van der Waals surface area contributed by atoms with Crippen LogP contribution < -0.4 is 0 Å². The van der Waals surface area contributed by atoms with E-state index < -0.39 is 0 Å². The maximum atomic E-state index is 10.8. The Bertz CT molecular complexity index is 547. The summed E-state index contributed by atoms with van der Waals surface area (Å²) in [4.78, 5) is 10.8. The third-order valence-electron chi connectivity index (χ3n) is 2.64. The minimum atomic E-state index is -0.362. The van der Waals surface area contributed by atoms with Gasteiger partial charge < -0.3 is 9.84 Å². The highest BCUT2D eigenvalue weighted by atomic mass is 16.5. The molecule has 0 amide bonds. The second-order valence-electron chi connectivity index (χ2n) is 3.96. The van der Waals surface area contributed by atoms with Crippen molar-refractivity contribution in [3.63, 3.8) is 0 Å². The number of esters is 1. The zero-order chi connectivity index (χ0) is 13.0. The van der Waals surface area contributed by atoms with Gasteiger partial charge in [-0.25, -0.2) is 0 Å². The number of phenolic OH excluding ortho intramolecular Hbond substituents is 1. The molecule has 0 atom stereocenters. The predicted molar refractivity (Wildman–Crippen MR) is 69.0 cm³/mol. The first-order valence-corrected chi connectivity index (χ1v) is 5.68. The van der Waals surface area contributed by atoms with Crippen LogP contribution >= 0.6 is 0 Å². The highest BCUT2D eigenvalue weighted by Crippen LogP contribution is 2.32. The van der Waals surface area contributed by atoms with Crippen LogP contribution in [0.4, 0.5) is 0 Å². The Balaban J connectivity index is 2.33. The first kappa shape index (κ1) is 12.2. The molecule has 0 aromatic heterocycles. The average Bonchev–Trinajstić information content (AvgIpc) is 2.38. The van der Waals surface area contributed by atoms with Gasteiger partial charge in [0, 0.05) is 18.1 Å². The van der Waals surface area contributed by atoms with E-state index in [9.17, 15) is 9.90 Å². The summed E-state index contributed by atoms with van der Waals surface area (Å²) in [6, 6.07) is 15.0. The zero-order valence-corrected chi connectivity index (χ0v) is 10.1. The predicted octanol–water partition coefficient (Wildman–Crippen LogP) is 3.12. The Hall–Kier alpha value is -2.29. The van der Waals surface area contributed by atoms with Crippen molar-refractivity contribution >= 4 is 5.97 Å². The van der Waals surface area contributed by atoms with Crippen LogP contribution in [0.5, 0.6) is 5.75 Å². The molecular formula is C15H14O3. The van der Waals surface area contributed by atoms with Crippen LogP contribution in [0.2, 0.25) is 0 Å². The molecule has 0 aliphatic heterocycles. The normalized spacial score (nSPS) is 10.1. The molecule has 2 aromatic rings. The molecule has 0 aliphatic carbocycles. The van der Waals surface area contributed by atoms with E-state index in [1.807, 2.05) is 42.5 Å². The molecule has 2 aromatic carbocycles. The Labute approximate surface area is 106 Å². The number of aromatic hydroxyl groups is 1. The molecule has 0 radical (unpaired) electrons. The lowest BCUT2D eigenvalue weighted by atomic mass is 10.0. The van der Waals surface area contributed by atoms with E-state index in [2.05, 4.69) is 0 Å². The summed E-state index contributed by atoms with van der Waals surface area (Å²) >= 11 is 0. The molecular weight excluding hydrogens is 228 g/mol. The molecule has 0 saturated carbocycles. The maximum absolute atomic E-state index is 10.8. The maximum Gasteiger partial charge on any atom is 0.302 e. The van der Waals surface area contributed by atoms with E-state index in [-0.39, 0.29) is 18.3 Å². The number of ether oxygens (including phenoxy) is 1. The third kappa shape index (κ3) is 2.69. The van der Waals surface area contributed by atoms with E-state index in [1.54, 1.807) is 6.07 Å². The number of hydrogen-bond donors (Lipinski definition) is 1. The van der Waals surface area contributed by atoms with Gasteiger partial charge in [-0.3, -0.25) is 4.79 Å². The lowest BCUT2D eigenvalue weighted by Crippen LogP contribution is -1.99.